The van der Waals surface area contributed by atoms with E-state index in [2.05, 4.69) is 10.6 Å². The molecule has 27 heavy (non-hydrogen) atoms. The molecule has 0 aliphatic rings. The van der Waals surface area contributed by atoms with Crippen molar-refractivity contribution in [1.82, 2.24) is 0 Å². The fourth-order valence-corrected chi connectivity index (χ4v) is 2.26. The number of hydrogen-bond acceptors (Lipinski definition) is 7. The molecule has 2 aromatic carbocycles. The minimum Gasteiger partial charge on any atom is -0.491 e. The second-order valence-electron chi connectivity index (χ2n) is 6.02. The van der Waals surface area contributed by atoms with Crippen molar-refractivity contribution < 1.29 is 24.4 Å². The zero-order chi connectivity index (χ0) is 19.5. The highest BCUT2D eigenvalue weighted by atomic mass is 16.5. The average molecular weight is 376 g/mol. The van der Waals surface area contributed by atoms with E-state index in [9.17, 15) is 10.2 Å². The smallest absolute Gasteiger partial charge is 0.119 e. The molecule has 7 nitrogen and oxygen atoms in total. The molecule has 0 fully saturated rings. The summed E-state index contributed by atoms with van der Waals surface area (Å²) >= 11 is 0. The molecule has 0 aromatic heterocycles. The van der Waals surface area contributed by atoms with Gasteiger partial charge < -0.3 is 35.1 Å². The first-order valence-electron chi connectivity index (χ1n) is 8.86. The van der Waals surface area contributed by atoms with Crippen molar-refractivity contribution in [1.29, 1.82) is 0 Å². The standard InChI is InChI=1S/C20H28N2O5/c1-21-15-3-7-19(8-4-15)26-13-17(23)11-25-12-18(24)14-27-20-9-5-16(22-2)6-10-20/h3-10,17-18,21-24H,11-14H2,1-2H3/t17-,18+. The van der Waals surface area contributed by atoms with Gasteiger partial charge in [-0.1, -0.05) is 0 Å². The summed E-state index contributed by atoms with van der Waals surface area (Å²) in [6, 6.07) is 14.9. The van der Waals surface area contributed by atoms with Crippen molar-refractivity contribution in [3.63, 3.8) is 0 Å². The number of rotatable bonds is 12. The van der Waals surface area contributed by atoms with Crippen LogP contribution in [-0.4, -0.2) is 62.9 Å². The maximum atomic E-state index is 9.90. The van der Waals surface area contributed by atoms with Crippen molar-refractivity contribution >= 4 is 11.4 Å². The maximum Gasteiger partial charge on any atom is 0.119 e. The fraction of sp³-hybridized carbons (Fsp3) is 0.400. The van der Waals surface area contributed by atoms with Gasteiger partial charge in [0.25, 0.3) is 0 Å². The van der Waals surface area contributed by atoms with Gasteiger partial charge in [0.15, 0.2) is 0 Å². The van der Waals surface area contributed by atoms with Crippen LogP contribution >= 0.6 is 0 Å². The summed E-state index contributed by atoms with van der Waals surface area (Å²) in [4.78, 5) is 0. The van der Waals surface area contributed by atoms with Crippen molar-refractivity contribution in [2.45, 2.75) is 12.2 Å². The van der Waals surface area contributed by atoms with Crippen LogP contribution in [0.1, 0.15) is 0 Å². The third-order valence-electron chi connectivity index (χ3n) is 3.79. The molecule has 4 N–H and O–H groups in total. The largest absolute Gasteiger partial charge is 0.491 e. The summed E-state index contributed by atoms with van der Waals surface area (Å²) in [5.74, 6) is 1.34. The highest BCUT2D eigenvalue weighted by Gasteiger charge is 2.10. The van der Waals surface area contributed by atoms with Gasteiger partial charge in [-0.3, -0.25) is 0 Å². The first-order valence-corrected chi connectivity index (χ1v) is 8.86. The second kappa shape index (κ2) is 11.3. The van der Waals surface area contributed by atoms with Gasteiger partial charge in [-0.2, -0.15) is 0 Å². The summed E-state index contributed by atoms with van der Waals surface area (Å²) in [5.41, 5.74) is 1.97. The minimum absolute atomic E-state index is 0.0719. The first-order chi connectivity index (χ1) is 13.1. The molecule has 2 rings (SSSR count). The number of anilines is 2. The van der Waals surface area contributed by atoms with Crippen LogP contribution in [-0.2, 0) is 4.74 Å². The zero-order valence-corrected chi connectivity index (χ0v) is 15.7. The Balaban J connectivity index is 1.58. The maximum absolute atomic E-state index is 9.90. The Morgan fingerprint density at radius 1 is 0.667 bits per heavy atom. The number of aliphatic hydroxyl groups excluding tert-OH is 2. The molecule has 2 atom stereocenters. The number of benzene rings is 2. The lowest BCUT2D eigenvalue weighted by Crippen LogP contribution is -2.28. The van der Waals surface area contributed by atoms with E-state index in [-0.39, 0.29) is 26.4 Å². The molecule has 7 heteroatoms. The molecule has 0 spiro atoms. The van der Waals surface area contributed by atoms with E-state index >= 15 is 0 Å². The van der Waals surface area contributed by atoms with Crippen LogP contribution in [0.3, 0.4) is 0 Å². The predicted octanol–water partition coefficient (Wildman–Crippen LogP) is 1.97. The van der Waals surface area contributed by atoms with Crippen LogP contribution in [0, 0.1) is 0 Å². The molecule has 0 heterocycles. The Morgan fingerprint density at radius 2 is 1.04 bits per heavy atom. The van der Waals surface area contributed by atoms with Gasteiger partial charge in [-0.25, -0.2) is 0 Å². The molecule has 0 bridgehead atoms. The van der Waals surface area contributed by atoms with Crippen LogP contribution in [0.25, 0.3) is 0 Å². The van der Waals surface area contributed by atoms with Gasteiger partial charge in [0, 0.05) is 25.5 Å². The fourth-order valence-electron chi connectivity index (χ4n) is 2.26. The Morgan fingerprint density at radius 3 is 1.37 bits per heavy atom. The molecule has 0 radical (unpaired) electrons. The van der Waals surface area contributed by atoms with Crippen LogP contribution < -0.4 is 20.1 Å². The normalized spacial score (nSPS) is 12.9. The number of aliphatic hydroxyl groups is 2. The van der Waals surface area contributed by atoms with Crippen LogP contribution in [0.5, 0.6) is 11.5 Å². The monoisotopic (exact) mass is 376 g/mol. The van der Waals surface area contributed by atoms with Gasteiger partial charge >= 0.3 is 0 Å². The summed E-state index contributed by atoms with van der Waals surface area (Å²) in [6.45, 7) is 0.373. The third kappa shape index (κ3) is 7.74. The van der Waals surface area contributed by atoms with Gasteiger partial charge in [-0.05, 0) is 48.5 Å². The van der Waals surface area contributed by atoms with Crippen molar-refractivity contribution in [3.05, 3.63) is 48.5 Å². The van der Waals surface area contributed by atoms with Crippen LogP contribution in [0.15, 0.2) is 48.5 Å². The van der Waals surface area contributed by atoms with Crippen molar-refractivity contribution in [2.75, 3.05) is 51.2 Å². The molecule has 148 valence electrons. The molecule has 0 saturated carbocycles. The lowest BCUT2D eigenvalue weighted by molar-refractivity contribution is -0.0308. The number of ether oxygens (including phenoxy) is 3. The highest BCUT2D eigenvalue weighted by molar-refractivity contribution is 5.46. The van der Waals surface area contributed by atoms with E-state index in [0.717, 1.165) is 11.4 Å². The van der Waals surface area contributed by atoms with E-state index in [0.29, 0.717) is 11.5 Å². The lowest BCUT2D eigenvalue weighted by Gasteiger charge is -2.16. The number of hydrogen-bond donors (Lipinski definition) is 4. The minimum atomic E-state index is -0.781. The van der Waals surface area contributed by atoms with Crippen LogP contribution in [0.2, 0.25) is 0 Å². The van der Waals surface area contributed by atoms with Crippen LogP contribution in [0.4, 0.5) is 11.4 Å². The van der Waals surface area contributed by atoms with E-state index in [1.807, 2.05) is 62.6 Å². The zero-order valence-electron chi connectivity index (χ0n) is 15.7. The summed E-state index contributed by atoms with van der Waals surface area (Å²) in [6.07, 6.45) is -1.56. The molecule has 2 aromatic rings. The lowest BCUT2D eigenvalue weighted by atomic mass is 10.3. The van der Waals surface area contributed by atoms with Gasteiger partial charge in [0.05, 0.1) is 13.2 Å². The Bertz CT molecular complexity index is 591. The topological polar surface area (TPSA) is 92.2 Å². The van der Waals surface area contributed by atoms with Crippen molar-refractivity contribution in [3.8, 4) is 11.5 Å². The van der Waals surface area contributed by atoms with E-state index in [4.69, 9.17) is 14.2 Å². The molecular weight excluding hydrogens is 348 g/mol. The third-order valence-corrected chi connectivity index (χ3v) is 3.79. The summed E-state index contributed by atoms with van der Waals surface area (Å²) in [7, 11) is 3.69. The van der Waals surface area contributed by atoms with E-state index < -0.39 is 12.2 Å². The van der Waals surface area contributed by atoms with Crippen molar-refractivity contribution in [2.24, 2.45) is 0 Å². The van der Waals surface area contributed by atoms with E-state index in [1.165, 1.54) is 0 Å². The highest BCUT2D eigenvalue weighted by Crippen LogP contribution is 2.16. The Hall–Kier alpha value is -2.48. The average Bonchev–Trinajstić information content (AvgIpc) is 2.71. The SMILES string of the molecule is CNc1ccc(OC[C@H](O)COC[C@H](O)COc2ccc(NC)cc2)cc1. The predicted molar refractivity (Wildman–Crippen MR) is 106 cm³/mol. The molecular formula is C20H28N2O5. The molecule has 0 saturated heterocycles. The quantitative estimate of drug-likeness (QED) is 0.450. The summed E-state index contributed by atoms with van der Waals surface area (Å²) in [5, 5.41) is 25.8. The molecule has 0 amide bonds. The van der Waals surface area contributed by atoms with Gasteiger partial charge in [0.1, 0.15) is 36.9 Å². The van der Waals surface area contributed by atoms with Gasteiger partial charge in [-0.15, -0.1) is 0 Å². The van der Waals surface area contributed by atoms with Gasteiger partial charge in [0.2, 0.25) is 0 Å². The van der Waals surface area contributed by atoms with E-state index in [1.54, 1.807) is 0 Å². The Kier molecular flexibility index (Phi) is 8.70. The summed E-state index contributed by atoms with van der Waals surface area (Å²) < 4.78 is 16.3. The molecule has 0 aliphatic heterocycles. The molecule has 0 aliphatic carbocycles. The second-order valence-corrected chi connectivity index (χ2v) is 6.02. The molecule has 0 unspecified atom stereocenters. The number of nitrogens with one attached hydrogen (secondary N) is 2. The first kappa shape index (κ1) is 20.8. The Labute approximate surface area is 159 Å².